The van der Waals surface area contributed by atoms with Gasteiger partial charge >= 0.3 is 6.03 Å². The molecule has 4 aromatic carbocycles. The number of benzene rings is 4. The van der Waals surface area contributed by atoms with Gasteiger partial charge in [-0.05, 0) is 93.0 Å². The van der Waals surface area contributed by atoms with Gasteiger partial charge in [0.05, 0.1) is 9.26 Å². The first kappa shape index (κ1) is 24.2. The van der Waals surface area contributed by atoms with E-state index in [1.165, 1.54) is 11.5 Å². The average molecular weight is 653 g/mol. The van der Waals surface area contributed by atoms with Crippen LogP contribution in [0.1, 0.15) is 11.1 Å². The number of imide groups is 2. The van der Waals surface area contributed by atoms with Crippen LogP contribution in [0, 0.1) is 3.57 Å². The van der Waals surface area contributed by atoms with Crippen molar-refractivity contribution >= 4 is 78.9 Å². The number of hydrogen-bond donors (Lipinski definition) is 1. The Morgan fingerprint density at radius 3 is 2.39 bits per heavy atom. The van der Waals surface area contributed by atoms with E-state index in [-0.39, 0.29) is 5.57 Å². The first-order valence-corrected chi connectivity index (χ1v) is 12.8. The smallest absolute Gasteiger partial charge is 0.335 e. The van der Waals surface area contributed by atoms with Crippen LogP contribution in [0.2, 0.25) is 0 Å². The van der Waals surface area contributed by atoms with Crippen molar-refractivity contribution < 1.29 is 19.1 Å². The maximum atomic E-state index is 13.1. The summed E-state index contributed by atoms with van der Waals surface area (Å²) in [7, 11) is 0. The van der Waals surface area contributed by atoms with E-state index >= 15 is 0 Å². The number of ether oxygens (including phenoxy) is 1. The van der Waals surface area contributed by atoms with E-state index in [9.17, 15) is 14.4 Å². The van der Waals surface area contributed by atoms with Crippen molar-refractivity contribution in [3.8, 4) is 5.75 Å². The molecule has 1 N–H and O–H groups in total. The molecule has 6 nitrogen and oxygen atoms in total. The standard InChI is InChI=1S/C28H18BrIN2O4/c29-21-8-10-22(11-9-21)32-27(34)23(26(33)31-28(32)35)14-17-6-12-25(24(30)15-17)36-16-18-5-7-19-3-1-2-4-20(19)13-18/h1-15H,16H2,(H,31,33,35)/b23-14+. The van der Waals surface area contributed by atoms with Crippen molar-refractivity contribution in [3.63, 3.8) is 0 Å². The van der Waals surface area contributed by atoms with Gasteiger partial charge in [-0.15, -0.1) is 0 Å². The summed E-state index contributed by atoms with van der Waals surface area (Å²) in [6.07, 6.45) is 1.48. The zero-order valence-electron chi connectivity index (χ0n) is 18.7. The molecule has 1 fully saturated rings. The molecular formula is C28H18BrIN2O4. The summed E-state index contributed by atoms with van der Waals surface area (Å²) >= 11 is 5.49. The SMILES string of the molecule is O=C1NC(=O)N(c2ccc(Br)cc2)C(=O)/C1=C/c1ccc(OCc2ccc3ccccc3c2)c(I)c1. The molecule has 36 heavy (non-hydrogen) atoms. The molecule has 0 aromatic heterocycles. The monoisotopic (exact) mass is 652 g/mol. The van der Waals surface area contributed by atoms with Crippen LogP contribution < -0.4 is 15.0 Å². The van der Waals surface area contributed by atoms with Crippen molar-refractivity contribution in [1.82, 2.24) is 5.32 Å². The first-order chi connectivity index (χ1) is 17.4. The minimum Gasteiger partial charge on any atom is -0.488 e. The summed E-state index contributed by atoms with van der Waals surface area (Å²) in [5.74, 6) is -0.722. The first-order valence-electron chi connectivity index (χ1n) is 11.0. The molecule has 0 atom stereocenters. The molecule has 1 heterocycles. The Balaban J connectivity index is 1.35. The fourth-order valence-corrected chi connectivity index (χ4v) is 4.82. The molecule has 4 amide bonds. The highest BCUT2D eigenvalue weighted by atomic mass is 127. The van der Waals surface area contributed by atoms with Crippen LogP contribution in [-0.4, -0.2) is 17.8 Å². The second-order valence-corrected chi connectivity index (χ2v) is 10.2. The summed E-state index contributed by atoms with van der Waals surface area (Å²) in [6, 6.07) is 25.7. The van der Waals surface area contributed by atoms with Crippen LogP contribution in [-0.2, 0) is 16.2 Å². The maximum Gasteiger partial charge on any atom is 0.335 e. The summed E-state index contributed by atoms with van der Waals surface area (Å²) in [4.78, 5) is 38.9. The molecule has 0 unspecified atom stereocenters. The van der Waals surface area contributed by atoms with Crippen molar-refractivity contribution in [2.24, 2.45) is 0 Å². The van der Waals surface area contributed by atoms with Crippen LogP contribution in [0.5, 0.6) is 5.75 Å². The third kappa shape index (κ3) is 5.05. The van der Waals surface area contributed by atoms with E-state index < -0.39 is 17.8 Å². The van der Waals surface area contributed by atoms with Gasteiger partial charge in [0.2, 0.25) is 0 Å². The number of barbiturate groups is 1. The van der Waals surface area contributed by atoms with Gasteiger partial charge in [0.1, 0.15) is 17.9 Å². The lowest BCUT2D eigenvalue weighted by atomic mass is 10.1. The molecule has 1 aliphatic heterocycles. The van der Waals surface area contributed by atoms with Gasteiger partial charge < -0.3 is 4.74 Å². The van der Waals surface area contributed by atoms with Gasteiger partial charge in [-0.2, -0.15) is 0 Å². The van der Waals surface area contributed by atoms with E-state index in [4.69, 9.17) is 4.74 Å². The van der Waals surface area contributed by atoms with Crippen LogP contribution >= 0.6 is 38.5 Å². The highest BCUT2D eigenvalue weighted by Gasteiger charge is 2.36. The van der Waals surface area contributed by atoms with E-state index in [0.717, 1.165) is 23.9 Å². The minimum absolute atomic E-state index is 0.127. The Kier molecular flexibility index (Phi) is 6.88. The van der Waals surface area contributed by atoms with E-state index in [1.54, 1.807) is 36.4 Å². The van der Waals surface area contributed by atoms with E-state index in [1.807, 2.05) is 24.3 Å². The second kappa shape index (κ2) is 10.2. The highest BCUT2D eigenvalue weighted by Crippen LogP contribution is 2.27. The third-order valence-corrected chi connectivity index (χ3v) is 7.03. The van der Waals surface area contributed by atoms with Crippen LogP contribution in [0.4, 0.5) is 10.5 Å². The van der Waals surface area contributed by atoms with Crippen LogP contribution in [0.3, 0.4) is 0 Å². The van der Waals surface area contributed by atoms with Crippen molar-refractivity contribution in [3.05, 3.63) is 110 Å². The van der Waals surface area contributed by atoms with Gasteiger partial charge in [-0.3, -0.25) is 14.9 Å². The molecular weight excluding hydrogens is 635 g/mol. The fourth-order valence-electron chi connectivity index (χ4n) is 3.86. The van der Waals surface area contributed by atoms with Gasteiger partial charge in [0, 0.05) is 4.47 Å². The molecule has 0 bridgehead atoms. The molecule has 178 valence electrons. The molecule has 1 saturated heterocycles. The molecule has 0 radical (unpaired) electrons. The Morgan fingerprint density at radius 2 is 1.64 bits per heavy atom. The number of halogens is 2. The lowest BCUT2D eigenvalue weighted by Crippen LogP contribution is -2.54. The number of carbonyl (C=O) groups is 3. The lowest BCUT2D eigenvalue weighted by molar-refractivity contribution is -0.122. The highest BCUT2D eigenvalue weighted by molar-refractivity contribution is 14.1. The molecule has 1 aliphatic rings. The van der Waals surface area contributed by atoms with Crippen molar-refractivity contribution in [1.29, 1.82) is 0 Å². The van der Waals surface area contributed by atoms with E-state index in [2.05, 4.69) is 68.1 Å². The second-order valence-electron chi connectivity index (χ2n) is 8.09. The molecule has 0 spiro atoms. The third-order valence-electron chi connectivity index (χ3n) is 5.66. The van der Waals surface area contributed by atoms with Gasteiger partial charge in [0.25, 0.3) is 11.8 Å². The average Bonchev–Trinajstić information content (AvgIpc) is 2.87. The number of nitrogens with one attached hydrogen (secondary N) is 1. The molecule has 8 heteroatoms. The Morgan fingerprint density at radius 1 is 0.889 bits per heavy atom. The number of urea groups is 1. The summed E-state index contributed by atoms with van der Waals surface area (Å²) in [5.41, 5.74) is 1.93. The Hall–Kier alpha value is -3.50. The van der Waals surface area contributed by atoms with Gasteiger partial charge in [-0.1, -0.05) is 58.4 Å². The van der Waals surface area contributed by atoms with Gasteiger partial charge in [-0.25, -0.2) is 9.69 Å². The Labute approximate surface area is 229 Å². The number of rotatable bonds is 5. The predicted molar refractivity (Wildman–Crippen MR) is 151 cm³/mol. The van der Waals surface area contributed by atoms with Crippen LogP contribution in [0.25, 0.3) is 16.8 Å². The quantitative estimate of drug-likeness (QED) is 0.153. The molecule has 5 rings (SSSR count). The topological polar surface area (TPSA) is 75.7 Å². The number of anilines is 1. The van der Waals surface area contributed by atoms with E-state index in [0.29, 0.717) is 23.6 Å². The summed E-state index contributed by atoms with van der Waals surface area (Å²) < 4.78 is 7.66. The summed E-state index contributed by atoms with van der Waals surface area (Å²) in [6.45, 7) is 0.409. The number of amides is 4. The van der Waals surface area contributed by atoms with Crippen molar-refractivity contribution in [2.75, 3.05) is 4.90 Å². The number of nitrogens with zero attached hydrogens (tertiary/aromatic N) is 1. The normalized spacial score (nSPS) is 14.9. The predicted octanol–water partition coefficient (Wildman–Crippen LogP) is 6.45. The number of carbonyl (C=O) groups excluding carboxylic acids is 3. The number of fused-ring (bicyclic) bond motifs is 1. The Bertz CT molecular complexity index is 1550. The molecule has 0 saturated carbocycles. The summed E-state index contributed by atoms with van der Waals surface area (Å²) in [5, 5.41) is 4.57. The lowest BCUT2D eigenvalue weighted by Gasteiger charge is -2.26. The number of hydrogen-bond acceptors (Lipinski definition) is 4. The van der Waals surface area contributed by atoms with Crippen LogP contribution in [0.15, 0.2) is 95.0 Å². The molecule has 4 aromatic rings. The van der Waals surface area contributed by atoms with Gasteiger partial charge in [0.15, 0.2) is 0 Å². The minimum atomic E-state index is -0.781. The van der Waals surface area contributed by atoms with Crippen molar-refractivity contribution in [2.45, 2.75) is 6.61 Å². The molecule has 0 aliphatic carbocycles. The zero-order chi connectivity index (χ0) is 25.2. The maximum absolute atomic E-state index is 13.1. The zero-order valence-corrected chi connectivity index (χ0v) is 22.4. The fraction of sp³-hybridized carbons (Fsp3) is 0.0357. The largest absolute Gasteiger partial charge is 0.488 e.